The Hall–Kier alpha value is -4.28. The first-order valence-electron chi connectivity index (χ1n) is 13.1. The molecule has 0 saturated carbocycles. The summed E-state index contributed by atoms with van der Waals surface area (Å²) in [5.74, 6) is 0.190. The van der Waals surface area contributed by atoms with Gasteiger partial charge in [-0.05, 0) is 42.7 Å². The molecule has 0 radical (unpaired) electrons. The van der Waals surface area contributed by atoms with Crippen LogP contribution in [0, 0.1) is 0 Å². The molecule has 0 bridgehead atoms. The summed E-state index contributed by atoms with van der Waals surface area (Å²) >= 11 is 0. The first kappa shape index (κ1) is 27.7. The van der Waals surface area contributed by atoms with Gasteiger partial charge in [0.1, 0.15) is 31.6 Å². The molecule has 0 saturated heterocycles. The molecule has 2 aromatic rings. The first-order chi connectivity index (χ1) is 18.9. The van der Waals surface area contributed by atoms with Crippen LogP contribution < -0.4 is 30.2 Å². The average molecular weight is 539 g/mol. The second kappa shape index (κ2) is 13.5. The highest BCUT2D eigenvalue weighted by molar-refractivity contribution is 6.00. The van der Waals surface area contributed by atoms with Crippen molar-refractivity contribution >= 4 is 23.6 Å². The van der Waals surface area contributed by atoms with E-state index >= 15 is 0 Å². The van der Waals surface area contributed by atoms with Crippen molar-refractivity contribution in [3.63, 3.8) is 0 Å². The summed E-state index contributed by atoms with van der Waals surface area (Å²) < 4.78 is 16.9. The van der Waals surface area contributed by atoms with Crippen LogP contribution in [-0.4, -0.2) is 81.1 Å². The maximum atomic E-state index is 13.2. The molecule has 11 heteroatoms. The average Bonchev–Trinajstić information content (AvgIpc) is 2.94. The monoisotopic (exact) mass is 538 g/mol. The Morgan fingerprint density at radius 3 is 2.62 bits per heavy atom. The molecule has 2 aromatic carbocycles. The Balaban J connectivity index is 1.43. The molecule has 0 aliphatic carbocycles. The second-order valence-corrected chi connectivity index (χ2v) is 9.36. The molecule has 4 rings (SSSR count). The standard InChI is InChI=1S/C28H34N4O7/c1-32-13-14-37-22-6-3-2-5-20(22)27(35)31-21(18-25(33)29-11-4-7-26(32)34)28(36)30-12-10-19-8-9-23-24(17-19)39-16-15-38-23/h2-3,5-6,8-9,17,21H,4,7,10-16,18H2,1H3,(H,29,33)(H,30,36)(H,31,35)/t21-/m0/s1. The molecule has 0 aromatic heterocycles. The lowest BCUT2D eigenvalue weighted by Gasteiger charge is -2.21. The van der Waals surface area contributed by atoms with Crippen LogP contribution in [0.5, 0.6) is 17.2 Å². The molecule has 2 heterocycles. The summed E-state index contributed by atoms with van der Waals surface area (Å²) in [4.78, 5) is 52.8. The summed E-state index contributed by atoms with van der Waals surface area (Å²) in [6.07, 6.45) is 0.998. The highest BCUT2D eigenvalue weighted by Crippen LogP contribution is 2.30. The second-order valence-electron chi connectivity index (χ2n) is 9.36. The van der Waals surface area contributed by atoms with Crippen LogP contribution in [0.15, 0.2) is 42.5 Å². The largest absolute Gasteiger partial charge is 0.491 e. The van der Waals surface area contributed by atoms with E-state index in [4.69, 9.17) is 14.2 Å². The number of benzene rings is 2. The topological polar surface area (TPSA) is 135 Å². The zero-order chi connectivity index (χ0) is 27.6. The molecule has 0 spiro atoms. The van der Waals surface area contributed by atoms with Gasteiger partial charge in [0.25, 0.3) is 5.91 Å². The van der Waals surface area contributed by atoms with Crippen molar-refractivity contribution in [2.45, 2.75) is 31.7 Å². The number of rotatable bonds is 4. The van der Waals surface area contributed by atoms with Gasteiger partial charge in [-0.15, -0.1) is 0 Å². The fourth-order valence-corrected chi connectivity index (χ4v) is 4.25. The lowest BCUT2D eigenvalue weighted by molar-refractivity contribution is -0.130. The highest BCUT2D eigenvalue weighted by Gasteiger charge is 2.26. The van der Waals surface area contributed by atoms with Gasteiger partial charge in [-0.1, -0.05) is 18.2 Å². The summed E-state index contributed by atoms with van der Waals surface area (Å²) in [5.41, 5.74) is 1.18. The van der Waals surface area contributed by atoms with Gasteiger partial charge in [-0.25, -0.2) is 0 Å². The van der Waals surface area contributed by atoms with E-state index in [9.17, 15) is 19.2 Å². The number of para-hydroxylation sites is 1. The molecular formula is C28H34N4O7. The number of hydrogen-bond acceptors (Lipinski definition) is 7. The molecular weight excluding hydrogens is 504 g/mol. The van der Waals surface area contributed by atoms with E-state index in [-0.39, 0.29) is 37.5 Å². The molecule has 1 atom stereocenters. The number of hydrogen-bond donors (Lipinski definition) is 3. The third-order valence-electron chi connectivity index (χ3n) is 6.46. The van der Waals surface area contributed by atoms with E-state index in [1.165, 1.54) is 0 Å². The lowest BCUT2D eigenvalue weighted by Crippen LogP contribution is -2.49. The number of carbonyl (C=O) groups is 4. The van der Waals surface area contributed by atoms with E-state index < -0.39 is 23.8 Å². The molecule has 0 fully saturated rings. The number of ether oxygens (including phenoxy) is 3. The summed E-state index contributed by atoms with van der Waals surface area (Å²) in [7, 11) is 1.68. The molecule has 11 nitrogen and oxygen atoms in total. The van der Waals surface area contributed by atoms with Crippen LogP contribution in [0.3, 0.4) is 0 Å². The van der Waals surface area contributed by atoms with E-state index in [2.05, 4.69) is 16.0 Å². The van der Waals surface area contributed by atoms with Crippen molar-refractivity contribution in [1.29, 1.82) is 0 Å². The Morgan fingerprint density at radius 1 is 1.00 bits per heavy atom. The molecule has 0 unspecified atom stereocenters. The van der Waals surface area contributed by atoms with Crippen LogP contribution in [0.25, 0.3) is 0 Å². The molecule has 2 aliphatic heterocycles. The minimum absolute atomic E-state index is 0.0683. The number of carbonyl (C=O) groups excluding carboxylic acids is 4. The Labute approximate surface area is 227 Å². The maximum absolute atomic E-state index is 13.2. The van der Waals surface area contributed by atoms with Gasteiger partial charge in [0.05, 0.1) is 18.5 Å². The smallest absolute Gasteiger partial charge is 0.255 e. The molecule has 3 N–H and O–H groups in total. The van der Waals surface area contributed by atoms with Gasteiger partial charge < -0.3 is 35.1 Å². The normalized spacial score (nSPS) is 18.7. The molecule has 208 valence electrons. The zero-order valence-electron chi connectivity index (χ0n) is 22.0. The number of nitrogens with one attached hydrogen (secondary N) is 3. The molecule has 4 amide bonds. The van der Waals surface area contributed by atoms with Crippen molar-refractivity contribution in [1.82, 2.24) is 20.9 Å². The van der Waals surface area contributed by atoms with Gasteiger partial charge in [-0.3, -0.25) is 19.2 Å². The van der Waals surface area contributed by atoms with Crippen LogP contribution in [0.2, 0.25) is 0 Å². The third kappa shape index (κ3) is 7.86. The number of amides is 4. The van der Waals surface area contributed by atoms with E-state index in [0.717, 1.165) is 5.56 Å². The molecule has 2 aliphatic rings. The SMILES string of the molecule is CN1CCOc2ccccc2C(=O)N[C@H](C(=O)NCCc2ccc3c(c2)OCCO3)CC(=O)NCCCC1=O. The molecule has 39 heavy (non-hydrogen) atoms. The van der Waals surface area contributed by atoms with Gasteiger partial charge in [0.2, 0.25) is 17.7 Å². The maximum Gasteiger partial charge on any atom is 0.255 e. The van der Waals surface area contributed by atoms with Gasteiger partial charge in [0.15, 0.2) is 11.5 Å². The van der Waals surface area contributed by atoms with E-state index in [1.54, 1.807) is 36.2 Å². The quantitative estimate of drug-likeness (QED) is 0.530. The van der Waals surface area contributed by atoms with Crippen LogP contribution in [0.4, 0.5) is 0 Å². The van der Waals surface area contributed by atoms with E-state index in [1.807, 2.05) is 18.2 Å². The predicted molar refractivity (Wildman–Crippen MR) is 142 cm³/mol. The summed E-state index contributed by atoms with van der Waals surface area (Å²) in [6, 6.07) is 11.2. The number of nitrogens with zero attached hydrogens (tertiary/aromatic N) is 1. The van der Waals surface area contributed by atoms with Crippen LogP contribution in [-0.2, 0) is 20.8 Å². The number of fused-ring (bicyclic) bond motifs is 2. The fourth-order valence-electron chi connectivity index (χ4n) is 4.25. The van der Waals surface area contributed by atoms with Crippen molar-refractivity contribution in [2.24, 2.45) is 0 Å². The summed E-state index contributed by atoms with van der Waals surface area (Å²) in [6.45, 7) is 2.11. The fraction of sp³-hybridized carbons (Fsp3) is 0.429. The number of likely N-dealkylation sites (N-methyl/N-ethyl adjacent to an activating group) is 1. The highest BCUT2D eigenvalue weighted by atomic mass is 16.6. The van der Waals surface area contributed by atoms with Gasteiger partial charge >= 0.3 is 0 Å². The van der Waals surface area contributed by atoms with Crippen molar-refractivity contribution < 1.29 is 33.4 Å². The lowest BCUT2D eigenvalue weighted by atomic mass is 10.1. The third-order valence-corrected chi connectivity index (χ3v) is 6.46. The first-order valence-corrected chi connectivity index (χ1v) is 13.1. The minimum Gasteiger partial charge on any atom is -0.491 e. The minimum atomic E-state index is -1.11. The van der Waals surface area contributed by atoms with Crippen LogP contribution >= 0.6 is 0 Å². The van der Waals surface area contributed by atoms with Crippen molar-refractivity contribution in [2.75, 3.05) is 46.5 Å². The van der Waals surface area contributed by atoms with Crippen LogP contribution in [0.1, 0.15) is 35.2 Å². The van der Waals surface area contributed by atoms with E-state index in [0.29, 0.717) is 56.4 Å². The van der Waals surface area contributed by atoms with Crippen molar-refractivity contribution in [3.05, 3.63) is 53.6 Å². The summed E-state index contributed by atoms with van der Waals surface area (Å²) in [5, 5.41) is 8.26. The Morgan fingerprint density at radius 2 is 1.77 bits per heavy atom. The Bertz CT molecular complexity index is 1200. The van der Waals surface area contributed by atoms with Gasteiger partial charge in [0, 0.05) is 26.6 Å². The van der Waals surface area contributed by atoms with Gasteiger partial charge in [-0.2, -0.15) is 0 Å². The zero-order valence-corrected chi connectivity index (χ0v) is 22.0. The Kier molecular flexibility index (Phi) is 9.60. The van der Waals surface area contributed by atoms with Crippen molar-refractivity contribution in [3.8, 4) is 17.2 Å². The predicted octanol–water partition coefficient (Wildman–Crippen LogP) is 1.05.